The summed E-state index contributed by atoms with van der Waals surface area (Å²) in [6, 6.07) is 16.7. The number of nitrogens with zero attached hydrogens (tertiary/aromatic N) is 1. The van der Waals surface area contributed by atoms with Crippen LogP contribution < -0.4 is 9.47 Å². The number of hydrogen-bond donors (Lipinski definition) is 0. The standard InChI is InChI=1S/C19H20NO2/c1-4-17(14-8-6-5-7-9-14)20-11-10-16-18(20)12-15(21-2)13-19(16)22-3/h5-13,17H,1,4H2,2-3H3. The van der Waals surface area contributed by atoms with E-state index in [0.29, 0.717) is 0 Å². The van der Waals surface area contributed by atoms with Gasteiger partial charge in [-0.2, -0.15) is 0 Å². The molecule has 0 aliphatic rings. The highest BCUT2D eigenvalue weighted by molar-refractivity contribution is 5.88. The Kier molecular flexibility index (Phi) is 4.05. The molecule has 1 radical (unpaired) electrons. The minimum absolute atomic E-state index is 0.190. The zero-order valence-corrected chi connectivity index (χ0v) is 13.0. The number of ether oxygens (including phenoxy) is 2. The van der Waals surface area contributed by atoms with Gasteiger partial charge in [-0.25, -0.2) is 0 Å². The summed E-state index contributed by atoms with van der Waals surface area (Å²) >= 11 is 0. The first-order valence-corrected chi connectivity index (χ1v) is 7.35. The maximum atomic E-state index is 5.49. The van der Waals surface area contributed by atoms with E-state index in [-0.39, 0.29) is 6.04 Å². The van der Waals surface area contributed by atoms with Crippen LogP contribution in [0.5, 0.6) is 11.5 Å². The molecule has 0 amide bonds. The molecule has 0 fully saturated rings. The summed E-state index contributed by atoms with van der Waals surface area (Å²) in [5, 5.41) is 1.08. The Hall–Kier alpha value is -2.42. The lowest BCUT2D eigenvalue weighted by Gasteiger charge is -2.19. The topological polar surface area (TPSA) is 23.4 Å². The molecule has 3 heteroatoms. The van der Waals surface area contributed by atoms with Crippen LogP contribution in [0.3, 0.4) is 0 Å². The molecule has 0 saturated carbocycles. The van der Waals surface area contributed by atoms with Crippen molar-refractivity contribution in [1.82, 2.24) is 4.57 Å². The van der Waals surface area contributed by atoms with Crippen molar-refractivity contribution in [1.29, 1.82) is 0 Å². The van der Waals surface area contributed by atoms with E-state index >= 15 is 0 Å². The summed E-state index contributed by atoms with van der Waals surface area (Å²) in [7, 11) is 3.35. The first-order chi connectivity index (χ1) is 10.8. The molecule has 113 valence electrons. The van der Waals surface area contributed by atoms with Gasteiger partial charge in [-0.1, -0.05) is 37.3 Å². The molecule has 0 bridgehead atoms. The number of hydrogen-bond acceptors (Lipinski definition) is 2. The van der Waals surface area contributed by atoms with Crippen LogP contribution in [-0.4, -0.2) is 18.8 Å². The van der Waals surface area contributed by atoms with Gasteiger partial charge in [0.2, 0.25) is 0 Å². The van der Waals surface area contributed by atoms with Crippen LogP contribution in [0.2, 0.25) is 0 Å². The minimum atomic E-state index is 0.190. The van der Waals surface area contributed by atoms with E-state index in [9.17, 15) is 0 Å². The highest BCUT2D eigenvalue weighted by Gasteiger charge is 2.16. The molecule has 1 atom stereocenters. The predicted octanol–water partition coefficient (Wildman–Crippen LogP) is 4.47. The third-order valence-corrected chi connectivity index (χ3v) is 4.02. The summed E-state index contributed by atoms with van der Waals surface area (Å²) < 4.78 is 13.1. The van der Waals surface area contributed by atoms with E-state index in [1.165, 1.54) is 5.56 Å². The van der Waals surface area contributed by atoms with Crippen molar-refractivity contribution < 1.29 is 9.47 Å². The highest BCUT2D eigenvalue weighted by Crippen LogP contribution is 2.35. The molecule has 3 nitrogen and oxygen atoms in total. The fourth-order valence-electron chi connectivity index (χ4n) is 2.90. The van der Waals surface area contributed by atoms with Gasteiger partial charge in [0.05, 0.1) is 25.8 Å². The number of rotatable bonds is 5. The predicted molar refractivity (Wildman–Crippen MR) is 89.6 cm³/mol. The van der Waals surface area contributed by atoms with E-state index < -0.39 is 0 Å². The van der Waals surface area contributed by atoms with Gasteiger partial charge in [-0.15, -0.1) is 0 Å². The summed E-state index contributed by atoms with van der Waals surface area (Å²) in [6.45, 7) is 4.13. The lowest BCUT2D eigenvalue weighted by Crippen LogP contribution is -2.08. The summed E-state index contributed by atoms with van der Waals surface area (Å²) in [5.74, 6) is 1.61. The fraction of sp³-hybridized carbons (Fsp3) is 0.211. The van der Waals surface area contributed by atoms with Crippen molar-refractivity contribution in [3.05, 3.63) is 67.2 Å². The maximum absolute atomic E-state index is 5.49. The van der Waals surface area contributed by atoms with Crippen LogP contribution in [-0.2, 0) is 0 Å². The molecule has 2 aromatic carbocycles. The quantitative estimate of drug-likeness (QED) is 0.693. The number of benzene rings is 2. The third kappa shape index (κ3) is 2.43. The van der Waals surface area contributed by atoms with Gasteiger partial charge < -0.3 is 14.0 Å². The molecule has 1 aromatic heterocycles. The summed E-state index contributed by atoms with van der Waals surface area (Å²) in [4.78, 5) is 0. The van der Waals surface area contributed by atoms with Gasteiger partial charge in [-0.3, -0.25) is 0 Å². The molecule has 22 heavy (non-hydrogen) atoms. The van der Waals surface area contributed by atoms with Crippen LogP contribution in [0.25, 0.3) is 10.9 Å². The van der Waals surface area contributed by atoms with Crippen molar-refractivity contribution in [3.63, 3.8) is 0 Å². The Bertz CT molecular complexity index is 762. The van der Waals surface area contributed by atoms with E-state index in [1.807, 2.05) is 18.2 Å². The molecular formula is C19H20NO2. The average Bonchev–Trinajstić information content (AvgIpc) is 2.99. The minimum Gasteiger partial charge on any atom is -0.497 e. The van der Waals surface area contributed by atoms with Crippen LogP contribution >= 0.6 is 0 Å². The van der Waals surface area contributed by atoms with E-state index in [2.05, 4.69) is 48.0 Å². The molecule has 0 spiro atoms. The molecule has 0 N–H and O–H groups in total. The van der Waals surface area contributed by atoms with Crippen molar-refractivity contribution in [2.24, 2.45) is 0 Å². The monoisotopic (exact) mass is 294 g/mol. The summed E-state index contributed by atoms with van der Waals surface area (Å²) in [5.41, 5.74) is 2.34. The van der Waals surface area contributed by atoms with Crippen LogP contribution in [0.4, 0.5) is 0 Å². The molecular weight excluding hydrogens is 274 g/mol. The van der Waals surface area contributed by atoms with Gasteiger partial charge in [0.25, 0.3) is 0 Å². The largest absolute Gasteiger partial charge is 0.497 e. The Morgan fingerprint density at radius 1 is 1.05 bits per heavy atom. The summed E-state index contributed by atoms with van der Waals surface area (Å²) in [6.07, 6.45) is 2.86. The van der Waals surface area contributed by atoms with Gasteiger partial charge in [0, 0.05) is 23.7 Å². The smallest absolute Gasteiger partial charge is 0.131 e. The van der Waals surface area contributed by atoms with Crippen LogP contribution in [0, 0.1) is 6.92 Å². The number of methoxy groups -OCH3 is 2. The van der Waals surface area contributed by atoms with Gasteiger partial charge in [0.1, 0.15) is 11.5 Å². The zero-order chi connectivity index (χ0) is 15.5. The van der Waals surface area contributed by atoms with Gasteiger partial charge >= 0.3 is 0 Å². The number of aromatic nitrogens is 1. The normalized spacial score (nSPS) is 12.3. The Morgan fingerprint density at radius 3 is 2.45 bits per heavy atom. The highest BCUT2D eigenvalue weighted by atomic mass is 16.5. The second-order valence-electron chi connectivity index (χ2n) is 5.20. The van der Waals surface area contributed by atoms with Crippen LogP contribution in [0.15, 0.2) is 54.7 Å². The van der Waals surface area contributed by atoms with Crippen LogP contribution in [0.1, 0.15) is 18.0 Å². The van der Waals surface area contributed by atoms with Crippen molar-refractivity contribution in [2.45, 2.75) is 12.5 Å². The molecule has 1 unspecified atom stereocenters. The zero-order valence-electron chi connectivity index (χ0n) is 13.0. The van der Waals surface area contributed by atoms with E-state index in [4.69, 9.17) is 9.47 Å². The first kappa shape index (κ1) is 14.5. The second kappa shape index (κ2) is 6.14. The van der Waals surface area contributed by atoms with Crippen molar-refractivity contribution >= 4 is 10.9 Å². The lowest BCUT2D eigenvalue weighted by molar-refractivity contribution is 0.397. The molecule has 0 saturated heterocycles. The SMILES string of the molecule is [CH2]CC(c1ccccc1)n1ccc2c(OC)cc(OC)cc21. The average molecular weight is 294 g/mol. The molecule has 0 aliphatic carbocycles. The van der Waals surface area contributed by atoms with Crippen molar-refractivity contribution in [3.8, 4) is 11.5 Å². The van der Waals surface area contributed by atoms with Gasteiger partial charge in [0.15, 0.2) is 0 Å². The molecule has 3 aromatic rings. The Labute approximate surface area is 131 Å². The third-order valence-electron chi connectivity index (χ3n) is 4.02. The maximum Gasteiger partial charge on any atom is 0.131 e. The fourth-order valence-corrected chi connectivity index (χ4v) is 2.90. The number of fused-ring (bicyclic) bond motifs is 1. The lowest BCUT2D eigenvalue weighted by atomic mass is 10.0. The van der Waals surface area contributed by atoms with Gasteiger partial charge in [-0.05, 0) is 18.1 Å². The first-order valence-electron chi connectivity index (χ1n) is 7.35. The Morgan fingerprint density at radius 2 is 1.82 bits per heavy atom. The Balaban J connectivity index is 2.18. The van der Waals surface area contributed by atoms with E-state index in [1.54, 1.807) is 14.2 Å². The molecule has 1 heterocycles. The molecule has 0 aliphatic heterocycles. The van der Waals surface area contributed by atoms with E-state index in [0.717, 1.165) is 28.8 Å². The molecule has 3 rings (SSSR count). The second-order valence-corrected chi connectivity index (χ2v) is 5.20. The van der Waals surface area contributed by atoms with Crippen molar-refractivity contribution in [2.75, 3.05) is 14.2 Å².